The molecule has 0 aliphatic carbocycles. The van der Waals surface area contributed by atoms with Crippen LogP contribution >= 0.6 is 0 Å². The maximum Gasteiger partial charge on any atom is 0.223 e. The van der Waals surface area contributed by atoms with Crippen molar-refractivity contribution in [2.75, 3.05) is 26.0 Å². The van der Waals surface area contributed by atoms with Gasteiger partial charge in [0.25, 0.3) is 0 Å². The molecule has 0 radical (unpaired) electrons. The monoisotopic (exact) mass is 353 g/mol. The second-order valence-corrected chi connectivity index (χ2v) is 6.55. The second kappa shape index (κ2) is 7.57. The highest BCUT2D eigenvalue weighted by molar-refractivity contribution is 5.80. The van der Waals surface area contributed by atoms with E-state index in [-0.39, 0.29) is 6.04 Å². The smallest absolute Gasteiger partial charge is 0.223 e. The Morgan fingerprint density at radius 2 is 1.96 bits per heavy atom. The number of aromatic nitrogens is 5. The standard InChI is InChI=1S/C18H23N7O/c1-11(10-25(4)5)22-18-21-8-14(15-9-19-6-7-20-15)17(23-18)16-12(2)24-26-13(16)3/h6-9,11H,10H2,1-5H3,(H,21,22,23)/t11-/m0/s1. The predicted molar refractivity (Wildman–Crippen MR) is 99.7 cm³/mol. The molecule has 0 spiro atoms. The average Bonchev–Trinajstić information content (AvgIpc) is 2.93. The third-order valence-corrected chi connectivity index (χ3v) is 3.91. The van der Waals surface area contributed by atoms with E-state index in [1.54, 1.807) is 24.8 Å². The minimum atomic E-state index is 0.199. The van der Waals surface area contributed by atoms with Gasteiger partial charge in [0, 0.05) is 36.7 Å². The first-order valence-electron chi connectivity index (χ1n) is 8.43. The number of nitrogens with one attached hydrogen (secondary N) is 1. The molecule has 3 rings (SSSR count). The Bertz CT molecular complexity index is 857. The molecule has 0 aromatic carbocycles. The van der Waals surface area contributed by atoms with E-state index in [0.29, 0.717) is 17.4 Å². The molecule has 0 saturated carbocycles. The van der Waals surface area contributed by atoms with Gasteiger partial charge in [-0.2, -0.15) is 0 Å². The van der Waals surface area contributed by atoms with Gasteiger partial charge in [-0.1, -0.05) is 5.16 Å². The van der Waals surface area contributed by atoms with Crippen molar-refractivity contribution in [2.45, 2.75) is 26.8 Å². The van der Waals surface area contributed by atoms with Gasteiger partial charge in [-0.05, 0) is 34.9 Å². The number of nitrogens with zero attached hydrogens (tertiary/aromatic N) is 6. The van der Waals surface area contributed by atoms with Crippen LogP contribution in [0.25, 0.3) is 22.5 Å². The summed E-state index contributed by atoms with van der Waals surface area (Å²) in [5.74, 6) is 1.26. The van der Waals surface area contributed by atoms with Crippen LogP contribution in [0.1, 0.15) is 18.4 Å². The lowest BCUT2D eigenvalue weighted by atomic mass is 10.0. The molecule has 8 heteroatoms. The summed E-state index contributed by atoms with van der Waals surface area (Å²) in [6.45, 7) is 6.74. The minimum absolute atomic E-state index is 0.199. The zero-order valence-corrected chi connectivity index (χ0v) is 15.7. The molecule has 136 valence electrons. The van der Waals surface area contributed by atoms with Crippen molar-refractivity contribution in [3.8, 4) is 22.5 Å². The Labute approximate surface area is 152 Å². The van der Waals surface area contributed by atoms with Crippen LogP contribution in [0.15, 0.2) is 29.3 Å². The van der Waals surface area contributed by atoms with Gasteiger partial charge in [-0.3, -0.25) is 9.97 Å². The highest BCUT2D eigenvalue weighted by Gasteiger charge is 2.20. The summed E-state index contributed by atoms with van der Waals surface area (Å²) in [6, 6.07) is 0.199. The van der Waals surface area contributed by atoms with Crippen LogP contribution in [0.5, 0.6) is 0 Å². The van der Waals surface area contributed by atoms with Gasteiger partial charge in [0.05, 0.1) is 28.8 Å². The van der Waals surface area contributed by atoms with Crippen LogP contribution < -0.4 is 5.32 Å². The molecule has 0 unspecified atom stereocenters. The first-order valence-corrected chi connectivity index (χ1v) is 8.43. The number of rotatable bonds is 6. The van der Waals surface area contributed by atoms with E-state index in [9.17, 15) is 0 Å². The third-order valence-electron chi connectivity index (χ3n) is 3.91. The Balaban J connectivity index is 2.06. The summed E-state index contributed by atoms with van der Waals surface area (Å²) < 4.78 is 5.34. The van der Waals surface area contributed by atoms with Gasteiger partial charge < -0.3 is 14.7 Å². The summed E-state index contributed by atoms with van der Waals surface area (Å²) in [6.07, 6.45) is 6.75. The largest absolute Gasteiger partial charge is 0.361 e. The summed E-state index contributed by atoms with van der Waals surface area (Å²) in [7, 11) is 4.07. The summed E-state index contributed by atoms with van der Waals surface area (Å²) >= 11 is 0. The number of hydrogen-bond acceptors (Lipinski definition) is 8. The second-order valence-electron chi connectivity index (χ2n) is 6.55. The topological polar surface area (TPSA) is 92.9 Å². The van der Waals surface area contributed by atoms with Crippen molar-refractivity contribution in [2.24, 2.45) is 0 Å². The van der Waals surface area contributed by atoms with Gasteiger partial charge in [0.15, 0.2) is 0 Å². The summed E-state index contributed by atoms with van der Waals surface area (Å²) in [5.41, 5.74) is 3.86. The molecule has 3 aromatic heterocycles. The highest BCUT2D eigenvalue weighted by Crippen LogP contribution is 2.33. The normalized spacial score (nSPS) is 12.4. The van der Waals surface area contributed by atoms with E-state index in [1.807, 2.05) is 27.9 Å². The van der Waals surface area contributed by atoms with Crippen LogP contribution in [0.3, 0.4) is 0 Å². The number of likely N-dealkylation sites (N-methyl/N-ethyl adjacent to an activating group) is 1. The van der Waals surface area contributed by atoms with E-state index in [0.717, 1.165) is 29.1 Å². The minimum Gasteiger partial charge on any atom is -0.361 e. The van der Waals surface area contributed by atoms with E-state index in [2.05, 4.69) is 37.2 Å². The third kappa shape index (κ3) is 3.85. The van der Waals surface area contributed by atoms with Crippen molar-refractivity contribution in [3.05, 3.63) is 36.2 Å². The zero-order chi connectivity index (χ0) is 18.7. The van der Waals surface area contributed by atoms with Crippen molar-refractivity contribution < 1.29 is 4.52 Å². The van der Waals surface area contributed by atoms with E-state index in [4.69, 9.17) is 9.51 Å². The van der Waals surface area contributed by atoms with Crippen LogP contribution in [0.4, 0.5) is 5.95 Å². The number of anilines is 1. The molecule has 1 atom stereocenters. The Morgan fingerprint density at radius 3 is 2.58 bits per heavy atom. The van der Waals surface area contributed by atoms with Crippen molar-refractivity contribution >= 4 is 5.95 Å². The molecule has 0 aliphatic rings. The first-order chi connectivity index (χ1) is 12.5. The van der Waals surface area contributed by atoms with E-state index < -0.39 is 0 Å². The first kappa shape index (κ1) is 17.9. The Morgan fingerprint density at radius 1 is 1.15 bits per heavy atom. The molecule has 26 heavy (non-hydrogen) atoms. The molecular formula is C18H23N7O. The Hall–Kier alpha value is -2.87. The lowest BCUT2D eigenvalue weighted by Gasteiger charge is -2.19. The van der Waals surface area contributed by atoms with Crippen LogP contribution in [0.2, 0.25) is 0 Å². The average molecular weight is 353 g/mol. The maximum atomic E-state index is 5.34. The van der Waals surface area contributed by atoms with Gasteiger partial charge >= 0.3 is 0 Å². The maximum absolute atomic E-state index is 5.34. The van der Waals surface area contributed by atoms with Gasteiger partial charge in [0.1, 0.15) is 5.76 Å². The van der Waals surface area contributed by atoms with E-state index >= 15 is 0 Å². The van der Waals surface area contributed by atoms with Crippen molar-refractivity contribution in [1.29, 1.82) is 0 Å². The molecule has 1 N–H and O–H groups in total. The lowest BCUT2D eigenvalue weighted by molar-refractivity contribution is 0.391. The van der Waals surface area contributed by atoms with Gasteiger partial charge in [0.2, 0.25) is 5.95 Å². The Kier molecular flexibility index (Phi) is 5.22. The summed E-state index contributed by atoms with van der Waals surface area (Å²) in [4.78, 5) is 19.9. The molecule has 3 heterocycles. The predicted octanol–water partition coefficient (Wildman–Crippen LogP) is 2.57. The molecule has 0 saturated heterocycles. The SMILES string of the molecule is Cc1noc(C)c1-c1nc(N[C@@H](C)CN(C)C)ncc1-c1cnccn1. The quantitative estimate of drug-likeness (QED) is 0.723. The van der Waals surface area contributed by atoms with Crippen molar-refractivity contribution in [1.82, 2.24) is 30.0 Å². The van der Waals surface area contributed by atoms with E-state index in [1.165, 1.54) is 0 Å². The highest BCUT2D eigenvalue weighted by atomic mass is 16.5. The number of aryl methyl sites for hydroxylation is 2. The molecule has 3 aromatic rings. The van der Waals surface area contributed by atoms with Gasteiger partial charge in [-0.25, -0.2) is 9.97 Å². The van der Waals surface area contributed by atoms with Crippen molar-refractivity contribution in [3.63, 3.8) is 0 Å². The van der Waals surface area contributed by atoms with Gasteiger partial charge in [-0.15, -0.1) is 0 Å². The molecular weight excluding hydrogens is 330 g/mol. The van der Waals surface area contributed by atoms with Crippen LogP contribution in [-0.4, -0.2) is 56.7 Å². The molecule has 0 fully saturated rings. The molecule has 0 bridgehead atoms. The van der Waals surface area contributed by atoms with Crippen LogP contribution in [-0.2, 0) is 0 Å². The summed E-state index contributed by atoms with van der Waals surface area (Å²) in [5, 5.41) is 7.40. The molecule has 0 aliphatic heterocycles. The number of hydrogen-bond donors (Lipinski definition) is 1. The fourth-order valence-electron chi connectivity index (χ4n) is 2.90. The van der Waals surface area contributed by atoms with Crippen LogP contribution in [0, 0.1) is 13.8 Å². The molecule has 0 amide bonds. The lowest BCUT2D eigenvalue weighted by Crippen LogP contribution is -2.30. The fourth-order valence-corrected chi connectivity index (χ4v) is 2.90. The zero-order valence-electron chi connectivity index (χ0n) is 15.7. The molecule has 8 nitrogen and oxygen atoms in total. The fraction of sp³-hybridized carbons (Fsp3) is 0.389.